The van der Waals surface area contributed by atoms with Crippen LogP contribution in [0, 0.1) is 0 Å². The molecule has 3 atom stereocenters. The molecule has 0 aliphatic carbocycles. The summed E-state index contributed by atoms with van der Waals surface area (Å²) in [7, 11) is 0. The van der Waals surface area contributed by atoms with Crippen LogP contribution in [0.15, 0.2) is 96.1 Å². The molecule has 6 nitrogen and oxygen atoms in total. The highest BCUT2D eigenvalue weighted by Gasteiger charge is 2.34. The fourth-order valence-electron chi connectivity index (χ4n) is 3.82. The van der Waals surface area contributed by atoms with E-state index in [-0.39, 0.29) is 18.0 Å². The number of nitrogens with zero attached hydrogens (tertiary/aromatic N) is 2. The topological polar surface area (TPSA) is 71.0 Å². The molecule has 1 amide bonds. The summed E-state index contributed by atoms with van der Waals surface area (Å²) >= 11 is 0. The minimum atomic E-state index is -0.938. The first-order valence-corrected chi connectivity index (χ1v) is 11.1. The van der Waals surface area contributed by atoms with Crippen molar-refractivity contribution < 1.29 is 14.3 Å². The van der Waals surface area contributed by atoms with E-state index >= 15 is 0 Å². The molecule has 0 radical (unpaired) electrons. The van der Waals surface area contributed by atoms with Gasteiger partial charge in [0.1, 0.15) is 5.71 Å². The molecule has 6 heteroatoms. The lowest BCUT2D eigenvalue weighted by molar-refractivity contribution is -0.148. The molecule has 0 fully saturated rings. The van der Waals surface area contributed by atoms with E-state index in [0.29, 0.717) is 12.1 Å². The second-order valence-corrected chi connectivity index (χ2v) is 8.05. The van der Waals surface area contributed by atoms with Crippen molar-refractivity contribution in [3.05, 3.63) is 102 Å². The van der Waals surface area contributed by atoms with Crippen LogP contribution in [0.1, 0.15) is 43.5 Å². The highest BCUT2D eigenvalue weighted by Crippen LogP contribution is 2.35. The molecule has 1 heterocycles. The molecule has 3 aromatic rings. The third-order valence-electron chi connectivity index (χ3n) is 5.66. The molecule has 1 aliphatic heterocycles. The Hall–Kier alpha value is -3.93. The number of esters is 1. The number of hydrazone groups is 1. The van der Waals surface area contributed by atoms with E-state index in [4.69, 9.17) is 4.74 Å². The van der Waals surface area contributed by atoms with Crippen LogP contribution in [-0.4, -0.2) is 23.7 Å². The van der Waals surface area contributed by atoms with Crippen molar-refractivity contribution in [2.24, 2.45) is 5.10 Å². The molecular formula is C27H27N3O3. The second-order valence-electron chi connectivity index (χ2n) is 8.05. The van der Waals surface area contributed by atoms with Crippen LogP contribution in [0.5, 0.6) is 0 Å². The number of hydrogen-bond acceptors (Lipinski definition) is 5. The molecule has 33 heavy (non-hydrogen) atoms. The second kappa shape index (κ2) is 10.1. The maximum Gasteiger partial charge on any atom is 0.355 e. The molecule has 168 valence electrons. The van der Waals surface area contributed by atoms with Gasteiger partial charge >= 0.3 is 5.97 Å². The predicted octanol–water partition coefficient (Wildman–Crippen LogP) is 4.80. The fraction of sp³-hybridized carbons (Fsp3) is 0.222. The molecular weight excluding hydrogens is 414 g/mol. The van der Waals surface area contributed by atoms with Gasteiger partial charge in [-0.05, 0) is 37.1 Å². The first-order chi connectivity index (χ1) is 16.0. The summed E-state index contributed by atoms with van der Waals surface area (Å²) in [6.45, 7) is 3.47. The Labute approximate surface area is 193 Å². The Morgan fingerprint density at radius 1 is 0.909 bits per heavy atom. The van der Waals surface area contributed by atoms with Crippen LogP contribution < -0.4 is 10.3 Å². The van der Waals surface area contributed by atoms with Gasteiger partial charge in [0, 0.05) is 6.42 Å². The number of carbonyl (C=O) groups is 2. The summed E-state index contributed by atoms with van der Waals surface area (Å²) in [4.78, 5) is 25.5. The Balaban J connectivity index is 1.45. The van der Waals surface area contributed by atoms with Gasteiger partial charge in [-0.2, -0.15) is 5.10 Å². The van der Waals surface area contributed by atoms with Crippen LogP contribution in [0.25, 0.3) is 0 Å². The summed E-state index contributed by atoms with van der Waals surface area (Å²) in [5, 5.41) is 9.32. The van der Waals surface area contributed by atoms with Gasteiger partial charge in [0.25, 0.3) is 5.91 Å². The quantitative estimate of drug-likeness (QED) is 0.535. The molecule has 4 rings (SSSR count). The number of hydrogen-bond donors (Lipinski definition) is 1. The van der Waals surface area contributed by atoms with E-state index in [0.717, 1.165) is 16.8 Å². The molecule has 0 spiro atoms. The lowest BCUT2D eigenvalue weighted by Crippen LogP contribution is -2.38. The molecule has 3 aromatic carbocycles. The number of para-hydroxylation sites is 1. The zero-order valence-electron chi connectivity index (χ0n) is 18.7. The maximum absolute atomic E-state index is 12.9. The van der Waals surface area contributed by atoms with Crippen LogP contribution in [0.2, 0.25) is 0 Å². The number of carbonyl (C=O) groups excluding carboxylic acids is 2. The van der Waals surface area contributed by atoms with Crippen molar-refractivity contribution in [2.45, 2.75) is 38.5 Å². The van der Waals surface area contributed by atoms with Crippen molar-refractivity contribution in [1.82, 2.24) is 5.32 Å². The average molecular weight is 442 g/mol. The van der Waals surface area contributed by atoms with Crippen molar-refractivity contribution in [1.29, 1.82) is 0 Å². The van der Waals surface area contributed by atoms with E-state index in [1.165, 1.54) is 0 Å². The Morgan fingerprint density at radius 2 is 1.48 bits per heavy atom. The molecule has 0 saturated carbocycles. The van der Waals surface area contributed by atoms with Gasteiger partial charge in [0.15, 0.2) is 6.10 Å². The summed E-state index contributed by atoms with van der Waals surface area (Å²) < 4.78 is 5.49. The first kappa shape index (κ1) is 22.3. The molecule has 0 aromatic heterocycles. The molecule has 1 aliphatic rings. The molecule has 3 unspecified atom stereocenters. The van der Waals surface area contributed by atoms with E-state index < -0.39 is 12.1 Å². The third kappa shape index (κ3) is 5.29. The van der Waals surface area contributed by atoms with E-state index in [1.807, 2.05) is 103 Å². The number of anilines is 1. The van der Waals surface area contributed by atoms with E-state index in [1.54, 1.807) is 6.92 Å². The Morgan fingerprint density at radius 3 is 2.12 bits per heavy atom. The minimum Gasteiger partial charge on any atom is -0.448 e. The Kier molecular flexibility index (Phi) is 6.83. The number of nitrogens with one attached hydrogen (secondary N) is 1. The number of amides is 1. The first-order valence-electron chi connectivity index (χ1n) is 11.1. The number of ether oxygens (including phenoxy) is 1. The predicted molar refractivity (Wildman–Crippen MR) is 129 cm³/mol. The van der Waals surface area contributed by atoms with Gasteiger partial charge < -0.3 is 10.1 Å². The highest BCUT2D eigenvalue weighted by atomic mass is 16.5. The maximum atomic E-state index is 12.9. The van der Waals surface area contributed by atoms with Crippen LogP contribution in [-0.2, 0) is 14.3 Å². The summed E-state index contributed by atoms with van der Waals surface area (Å²) in [6, 6.07) is 29.0. The van der Waals surface area contributed by atoms with Gasteiger partial charge in [0.2, 0.25) is 0 Å². The van der Waals surface area contributed by atoms with Gasteiger partial charge in [-0.1, -0.05) is 78.9 Å². The van der Waals surface area contributed by atoms with E-state index in [2.05, 4.69) is 10.4 Å². The largest absolute Gasteiger partial charge is 0.448 e. The highest BCUT2D eigenvalue weighted by molar-refractivity contribution is 6.37. The summed E-state index contributed by atoms with van der Waals surface area (Å²) in [5.74, 6) is -0.929. The monoisotopic (exact) mass is 441 g/mol. The fourth-order valence-corrected chi connectivity index (χ4v) is 3.82. The third-order valence-corrected chi connectivity index (χ3v) is 5.66. The van der Waals surface area contributed by atoms with Crippen molar-refractivity contribution in [3.8, 4) is 0 Å². The van der Waals surface area contributed by atoms with Crippen molar-refractivity contribution in [2.75, 3.05) is 5.01 Å². The number of benzene rings is 3. The SMILES string of the molecule is CC(OC(=O)C1=NN(c2ccccc2)C(c2ccccc2)C1)C(=O)NC(C)c1ccccc1. The van der Waals surface area contributed by atoms with Gasteiger partial charge in [-0.15, -0.1) is 0 Å². The van der Waals surface area contributed by atoms with Gasteiger partial charge in [-0.25, -0.2) is 4.79 Å². The summed E-state index contributed by atoms with van der Waals surface area (Å²) in [5.41, 5.74) is 3.21. The van der Waals surface area contributed by atoms with Crippen molar-refractivity contribution in [3.63, 3.8) is 0 Å². The van der Waals surface area contributed by atoms with Crippen molar-refractivity contribution >= 4 is 23.3 Å². The lowest BCUT2D eigenvalue weighted by Gasteiger charge is -2.23. The zero-order chi connectivity index (χ0) is 23.2. The Bertz CT molecular complexity index is 1120. The van der Waals surface area contributed by atoms with Gasteiger partial charge in [-0.3, -0.25) is 9.80 Å². The lowest BCUT2D eigenvalue weighted by atomic mass is 10.0. The molecule has 0 saturated heterocycles. The summed E-state index contributed by atoms with van der Waals surface area (Å²) in [6.07, 6.45) is -0.542. The molecule has 1 N–H and O–H groups in total. The smallest absolute Gasteiger partial charge is 0.355 e. The van der Waals surface area contributed by atoms with Crippen LogP contribution >= 0.6 is 0 Å². The van der Waals surface area contributed by atoms with Crippen LogP contribution in [0.3, 0.4) is 0 Å². The molecule has 0 bridgehead atoms. The number of rotatable bonds is 7. The average Bonchev–Trinajstić information content (AvgIpc) is 3.31. The zero-order valence-corrected chi connectivity index (χ0v) is 18.7. The minimum absolute atomic E-state index is 0.126. The normalized spacial score (nSPS) is 17.1. The van der Waals surface area contributed by atoms with Gasteiger partial charge in [0.05, 0.1) is 17.8 Å². The standard InChI is InChI=1S/C27H27N3O3/c1-19(21-12-6-3-7-13-21)28-26(31)20(2)33-27(32)24-18-25(22-14-8-4-9-15-22)30(29-24)23-16-10-5-11-17-23/h3-17,19-20,25H,18H2,1-2H3,(H,28,31). The van der Waals surface area contributed by atoms with E-state index in [9.17, 15) is 9.59 Å². The van der Waals surface area contributed by atoms with Crippen LogP contribution in [0.4, 0.5) is 5.69 Å².